The van der Waals surface area contributed by atoms with E-state index in [1.807, 2.05) is 43.0 Å². The van der Waals surface area contributed by atoms with Crippen molar-refractivity contribution in [1.29, 1.82) is 0 Å². The van der Waals surface area contributed by atoms with Gasteiger partial charge in [-0.2, -0.15) is 4.31 Å². The van der Waals surface area contributed by atoms with Crippen LogP contribution in [0, 0.1) is 0 Å². The van der Waals surface area contributed by atoms with Crippen LogP contribution in [-0.4, -0.2) is 62.8 Å². The minimum atomic E-state index is -3.48. The molecule has 166 valence electrons. The first kappa shape index (κ1) is 23.3. The van der Waals surface area contributed by atoms with Crippen molar-refractivity contribution in [2.45, 2.75) is 18.7 Å². The number of halogens is 1. The van der Waals surface area contributed by atoms with Gasteiger partial charge in [-0.05, 0) is 35.9 Å². The Kier molecular flexibility index (Phi) is 7.75. The molecule has 0 radical (unpaired) electrons. The van der Waals surface area contributed by atoms with Crippen LogP contribution in [0.3, 0.4) is 0 Å². The molecular weight excluding hydrogens is 434 g/mol. The topological polar surface area (TPSA) is 60.9 Å². The van der Waals surface area contributed by atoms with Crippen LogP contribution in [0.1, 0.15) is 19.4 Å². The number of carbonyl (C=O) groups is 1. The lowest BCUT2D eigenvalue weighted by molar-refractivity contribution is -0.126. The summed E-state index contributed by atoms with van der Waals surface area (Å²) in [5.41, 5.74) is 1.77. The number of hydrogen-bond donors (Lipinski definition) is 0. The third-order valence-corrected chi connectivity index (χ3v) is 7.81. The second-order valence-electron chi connectivity index (χ2n) is 7.26. The van der Waals surface area contributed by atoms with Gasteiger partial charge < -0.3 is 9.80 Å². The molecule has 8 heteroatoms. The Bertz CT molecular complexity index is 1030. The number of carbonyl (C=O) groups excluding carboxylic acids is 1. The smallest absolute Gasteiger partial charge is 0.246 e. The highest BCUT2D eigenvalue weighted by Crippen LogP contribution is 2.26. The third-order valence-electron chi connectivity index (χ3n) is 5.43. The van der Waals surface area contributed by atoms with Crippen molar-refractivity contribution < 1.29 is 13.2 Å². The molecule has 2 aromatic rings. The normalized spacial score (nSPS) is 15.1. The van der Waals surface area contributed by atoms with E-state index in [0.717, 1.165) is 24.3 Å². The third kappa shape index (κ3) is 5.47. The lowest BCUT2D eigenvalue weighted by Gasteiger charge is -2.36. The van der Waals surface area contributed by atoms with Gasteiger partial charge in [0.05, 0.1) is 15.6 Å². The first-order chi connectivity index (χ1) is 14.9. The molecule has 0 N–H and O–H groups in total. The second kappa shape index (κ2) is 10.3. The second-order valence-corrected chi connectivity index (χ2v) is 9.60. The van der Waals surface area contributed by atoms with Crippen molar-refractivity contribution in [2.24, 2.45) is 0 Å². The number of nitrogens with zero attached hydrogens (tertiary/aromatic N) is 3. The molecular formula is C23H28ClN3O3S. The monoisotopic (exact) mass is 461 g/mol. The fourth-order valence-corrected chi connectivity index (χ4v) is 5.33. The van der Waals surface area contributed by atoms with Crippen LogP contribution >= 0.6 is 11.6 Å². The summed E-state index contributed by atoms with van der Waals surface area (Å²) in [6, 6.07) is 14.3. The Labute approximate surface area is 189 Å². The predicted octanol–water partition coefficient (Wildman–Crippen LogP) is 3.73. The minimum absolute atomic E-state index is 0.0568. The van der Waals surface area contributed by atoms with Crippen molar-refractivity contribution in [1.82, 2.24) is 9.21 Å². The quantitative estimate of drug-likeness (QED) is 0.589. The summed E-state index contributed by atoms with van der Waals surface area (Å²) < 4.78 is 26.5. The number of para-hydroxylation sites is 1. The molecule has 0 saturated carbocycles. The lowest BCUT2D eigenvalue weighted by atomic mass is 10.2. The standard InChI is InChI=1S/C23H28ClN3O3S/c1-3-27(4-2)31(29,30)20-12-9-19(10-13-20)11-14-23(28)26-17-15-25(16-18-26)22-8-6-5-7-21(22)24/h5-14H,3-4,15-18H2,1-2H3/b14-11+. The van der Waals surface area contributed by atoms with E-state index in [9.17, 15) is 13.2 Å². The van der Waals surface area contributed by atoms with Gasteiger partial charge in [-0.15, -0.1) is 0 Å². The molecule has 31 heavy (non-hydrogen) atoms. The number of anilines is 1. The molecule has 0 aliphatic carbocycles. The summed E-state index contributed by atoms with van der Waals surface area (Å²) in [6.45, 7) is 7.18. The van der Waals surface area contributed by atoms with E-state index in [0.29, 0.717) is 31.2 Å². The van der Waals surface area contributed by atoms with Gasteiger partial charge in [0, 0.05) is 45.3 Å². The van der Waals surface area contributed by atoms with Crippen molar-refractivity contribution in [3.8, 4) is 0 Å². The fraction of sp³-hybridized carbons (Fsp3) is 0.348. The average Bonchev–Trinajstić information content (AvgIpc) is 2.79. The van der Waals surface area contributed by atoms with Crippen LogP contribution in [-0.2, 0) is 14.8 Å². The van der Waals surface area contributed by atoms with Gasteiger partial charge in [0.2, 0.25) is 15.9 Å². The summed E-state index contributed by atoms with van der Waals surface area (Å²) >= 11 is 6.27. The molecule has 0 bridgehead atoms. The van der Waals surface area contributed by atoms with Crippen LogP contribution in [0.5, 0.6) is 0 Å². The molecule has 6 nitrogen and oxygen atoms in total. The summed E-state index contributed by atoms with van der Waals surface area (Å²) in [4.78, 5) is 16.8. The molecule has 1 fully saturated rings. The van der Waals surface area contributed by atoms with Gasteiger partial charge in [0.15, 0.2) is 0 Å². The highest BCUT2D eigenvalue weighted by atomic mass is 35.5. The molecule has 1 aliphatic rings. The summed E-state index contributed by atoms with van der Waals surface area (Å²) in [7, 11) is -3.48. The summed E-state index contributed by atoms with van der Waals surface area (Å²) in [5, 5.41) is 0.716. The minimum Gasteiger partial charge on any atom is -0.367 e. The van der Waals surface area contributed by atoms with Crippen LogP contribution < -0.4 is 4.90 Å². The first-order valence-corrected chi connectivity index (χ1v) is 12.2. The van der Waals surface area contributed by atoms with E-state index in [4.69, 9.17) is 11.6 Å². The predicted molar refractivity (Wildman–Crippen MR) is 126 cm³/mol. The van der Waals surface area contributed by atoms with Crippen LogP contribution in [0.2, 0.25) is 5.02 Å². The number of piperazine rings is 1. The molecule has 0 unspecified atom stereocenters. The van der Waals surface area contributed by atoms with Gasteiger partial charge >= 0.3 is 0 Å². The van der Waals surface area contributed by atoms with Gasteiger partial charge in [-0.25, -0.2) is 8.42 Å². The first-order valence-electron chi connectivity index (χ1n) is 10.4. The van der Waals surface area contributed by atoms with Gasteiger partial charge in [0.1, 0.15) is 0 Å². The van der Waals surface area contributed by atoms with Crippen molar-refractivity contribution >= 4 is 39.3 Å². The van der Waals surface area contributed by atoms with Crippen molar-refractivity contribution in [3.05, 3.63) is 65.2 Å². The zero-order valence-electron chi connectivity index (χ0n) is 17.9. The summed E-state index contributed by atoms with van der Waals surface area (Å²) in [5.74, 6) is -0.0568. The maximum absolute atomic E-state index is 12.6. The van der Waals surface area contributed by atoms with E-state index in [1.165, 1.54) is 4.31 Å². The van der Waals surface area contributed by atoms with E-state index < -0.39 is 10.0 Å². The Morgan fingerprint density at radius 2 is 1.61 bits per heavy atom. The molecule has 0 spiro atoms. The number of sulfonamides is 1. The Hall–Kier alpha value is -2.35. The van der Waals surface area contributed by atoms with Crippen LogP contribution in [0.15, 0.2) is 59.5 Å². The average molecular weight is 462 g/mol. The van der Waals surface area contributed by atoms with Gasteiger partial charge in [-0.3, -0.25) is 4.79 Å². The molecule has 1 amide bonds. The van der Waals surface area contributed by atoms with Crippen molar-refractivity contribution in [2.75, 3.05) is 44.2 Å². The lowest BCUT2D eigenvalue weighted by Crippen LogP contribution is -2.48. The van der Waals surface area contributed by atoms with Crippen LogP contribution in [0.4, 0.5) is 5.69 Å². The fourth-order valence-electron chi connectivity index (χ4n) is 3.61. The van der Waals surface area contributed by atoms with Crippen LogP contribution in [0.25, 0.3) is 6.08 Å². The number of benzene rings is 2. The highest BCUT2D eigenvalue weighted by Gasteiger charge is 2.22. The molecule has 1 aliphatic heterocycles. The maximum atomic E-state index is 12.6. The maximum Gasteiger partial charge on any atom is 0.246 e. The Morgan fingerprint density at radius 1 is 1.00 bits per heavy atom. The largest absolute Gasteiger partial charge is 0.367 e. The SMILES string of the molecule is CCN(CC)S(=O)(=O)c1ccc(/C=C/C(=O)N2CCN(c3ccccc3Cl)CC2)cc1. The zero-order valence-corrected chi connectivity index (χ0v) is 19.4. The molecule has 0 aromatic heterocycles. The van der Waals surface area contributed by atoms with Gasteiger partial charge in [-0.1, -0.05) is 49.7 Å². The van der Waals surface area contributed by atoms with Crippen molar-refractivity contribution in [3.63, 3.8) is 0 Å². The van der Waals surface area contributed by atoms with Gasteiger partial charge in [0.25, 0.3) is 0 Å². The Morgan fingerprint density at radius 3 is 2.19 bits per heavy atom. The molecule has 1 heterocycles. The molecule has 1 saturated heterocycles. The molecule has 2 aromatic carbocycles. The van der Waals surface area contributed by atoms with E-state index in [-0.39, 0.29) is 10.8 Å². The number of rotatable bonds is 7. The number of hydrogen-bond acceptors (Lipinski definition) is 4. The van der Waals surface area contributed by atoms with E-state index in [1.54, 1.807) is 36.4 Å². The molecule has 0 atom stereocenters. The molecule has 3 rings (SSSR count). The van der Waals surface area contributed by atoms with E-state index in [2.05, 4.69) is 4.90 Å². The number of amides is 1. The van der Waals surface area contributed by atoms with E-state index >= 15 is 0 Å². The zero-order chi connectivity index (χ0) is 22.4. The highest BCUT2D eigenvalue weighted by molar-refractivity contribution is 7.89. The Balaban J connectivity index is 1.59. The summed E-state index contributed by atoms with van der Waals surface area (Å²) in [6.07, 6.45) is 3.26.